The number of thiophene rings is 1. The molecule has 0 aliphatic heterocycles. The highest BCUT2D eigenvalue weighted by atomic mass is 35.5. The molecule has 3 heterocycles. The minimum Gasteiger partial charge on any atom is -0.301 e. The van der Waals surface area contributed by atoms with Crippen LogP contribution in [0.5, 0.6) is 0 Å². The fourth-order valence-electron chi connectivity index (χ4n) is 3.67. The number of nitrogens with zero attached hydrogens (tertiary/aromatic N) is 3. The molecule has 4 aromatic rings. The molecule has 0 spiro atoms. The lowest BCUT2D eigenvalue weighted by atomic mass is 9.97. The summed E-state index contributed by atoms with van der Waals surface area (Å²) in [7, 11) is 0. The van der Waals surface area contributed by atoms with E-state index in [9.17, 15) is 9.59 Å². The molecule has 6 nitrogen and oxygen atoms in total. The Bertz CT molecular complexity index is 1310. The van der Waals surface area contributed by atoms with Crippen molar-refractivity contribution in [3.8, 4) is 5.69 Å². The maximum Gasteiger partial charge on any atom is 0.267 e. The Kier molecular flexibility index (Phi) is 5.83. The number of carbonyl (C=O) groups excluding carboxylic acids is 1. The third kappa shape index (κ3) is 4.15. The zero-order valence-electron chi connectivity index (χ0n) is 16.3. The number of hydrogen-bond donors (Lipinski definition) is 1. The average Bonchev–Trinajstić information content (AvgIpc) is 3.40. The molecular weight excluding hydrogens is 472 g/mol. The molecule has 5 rings (SSSR count). The molecule has 158 valence electrons. The summed E-state index contributed by atoms with van der Waals surface area (Å²) in [5.74, 6) is -0.0710. The van der Waals surface area contributed by atoms with Crippen LogP contribution in [0.15, 0.2) is 45.8 Å². The Balaban J connectivity index is 1.56. The third-order valence-corrected chi connectivity index (χ3v) is 8.12. The lowest BCUT2D eigenvalue weighted by Gasteiger charge is -2.13. The molecule has 3 aromatic heterocycles. The van der Waals surface area contributed by atoms with Crippen LogP contribution < -0.4 is 10.9 Å². The van der Waals surface area contributed by atoms with Gasteiger partial charge in [0, 0.05) is 21.5 Å². The highest BCUT2D eigenvalue weighted by Gasteiger charge is 2.23. The molecule has 0 saturated heterocycles. The minimum atomic E-state index is -0.192. The third-order valence-electron chi connectivity index (χ3n) is 5.05. The van der Waals surface area contributed by atoms with Crippen molar-refractivity contribution in [2.45, 2.75) is 30.8 Å². The van der Waals surface area contributed by atoms with Crippen LogP contribution in [-0.2, 0) is 17.6 Å². The first-order valence-electron chi connectivity index (χ1n) is 9.75. The van der Waals surface area contributed by atoms with Gasteiger partial charge in [-0.2, -0.15) is 0 Å². The molecule has 0 unspecified atom stereocenters. The number of carbonyl (C=O) groups is 1. The number of nitrogens with one attached hydrogen (secondary N) is 1. The summed E-state index contributed by atoms with van der Waals surface area (Å²) in [4.78, 5) is 36.9. The predicted molar refractivity (Wildman–Crippen MR) is 128 cm³/mol. The summed E-state index contributed by atoms with van der Waals surface area (Å²) in [5, 5.41) is 6.92. The molecular formula is C21H17ClN4O2S3. The molecule has 1 aliphatic rings. The van der Waals surface area contributed by atoms with Gasteiger partial charge < -0.3 is 5.32 Å². The van der Waals surface area contributed by atoms with E-state index in [0.717, 1.165) is 36.1 Å². The topological polar surface area (TPSA) is 76.9 Å². The molecule has 10 heteroatoms. The number of aryl methyl sites for hydroxylation is 2. The van der Waals surface area contributed by atoms with Crippen LogP contribution in [0.1, 0.15) is 23.3 Å². The Morgan fingerprint density at radius 1 is 1.23 bits per heavy atom. The zero-order valence-corrected chi connectivity index (χ0v) is 19.5. The Morgan fingerprint density at radius 2 is 2.03 bits per heavy atom. The van der Waals surface area contributed by atoms with Crippen molar-refractivity contribution < 1.29 is 4.79 Å². The summed E-state index contributed by atoms with van der Waals surface area (Å²) in [5.41, 5.74) is 1.74. The Morgan fingerprint density at radius 3 is 2.81 bits per heavy atom. The number of fused-ring (bicyclic) bond motifs is 3. The quantitative estimate of drug-likeness (QED) is 0.310. The summed E-state index contributed by atoms with van der Waals surface area (Å²) in [6.07, 6.45) is 5.78. The lowest BCUT2D eigenvalue weighted by molar-refractivity contribution is -0.113. The molecule has 0 atom stereocenters. The molecule has 0 bridgehead atoms. The van der Waals surface area contributed by atoms with E-state index in [1.54, 1.807) is 51.7 Å². The highest BCUT2D eigenvalue weighted by Crippen LogP contribution is 2.35. The molecule has 0 radical (unpaired) electrons. The number of thioether (sulfide) groups is 1. The first-order chi connectivity index (χ1) is 15.1. The van der Waals surface area contributed by atoms with Gasteiger partial charge in [-0.1, -0.05) is 23.4 Å². The van der Waals surface area contributed by atoms with Gasteiger partial charge >= 0.3 is 0 Å². The Labute approximate surface area is 195 Å². The number of hydrogen-bond acceptors (Lipinski definition) is 7. The van der Waals surface area contributed by atoms with E-state index in [1.165, 1.54) is 28.0 Å². The monoisotopic (exact) mass is 488 g/mol. The van der Waals surface area contributed by atoms with E-state index in [-0.39, 0.29) is 17.2 Å². The number of amides is 1. The van der Waals surface area contributed by atoms with Gasteiger partial charge in [0.25, 0.3) is 5.56 Å². The van der Waals surface area contributed by atoms with E-state index in [4.69, 9.17) is 16.6 Å². The first kappa shape index (κ1) is 20.7. The van der Waals surface area contributed by atoms with Crippen LogP contribution >= 0.6 is 46.0 Å². The van der Waals surface area contributed by atoms with Crippen LogP contribution in [0.2, 0.25) is 5.02 Å². The van der Waals surface area contributed by atoms with Gasteiger partial charge in [-0.3, -0.25) is 14.2 Å². The second kappa shape index (κ2) is 8.74. The summed E-state index contributed by atoms with van der Waals surface area (Å²) in [6, 6.07) is 7.10. The number of benzene rings is 1. The van der Waals surface area contributed by atoms with Crippen molar-refractivity contribution in [2.24, 2.45) is 0 Å². The normalized spacial score (nSPS) is 13.3. The Hall–Kier alpha value is -2.20. The standard InChI is InChI=1S/C21H17ClN4O2S3/c22-12-5-7-13(8-6-12)26-19(28)17-14-3-1-2-4-15(14)31-18(17)25-21(26)30-11-16(27)24-20-23-9-10-29-20/h5-10H,1-4,11H2,(H,23,24,27). The van der Waals surface area contributed by atoms with Gasteiger partial charge in [0.05, 0.1) is 16.8 Å². The second-order valence-corrected chi connectivity index (χ2v) is 10.4. The summed E-state index contributed by atoms with van der Waals surface area (Å²) in [6.45, 7) is 0. The zero-order chi connectivity index (χ0) is 21.4. The van der Waals surface area contributed by atoms with E-state index >= 15 is 0 Å². The van der Waals surface area contributed by atoms with E-state index in [0.29, 0.717) is 26.4 Å². The SMILES string of the molecule is O=C(CSc1nc2sc3c(c2c(=O)n1-c1ccc(Cl)cc1)CCCC3)Nc1nccs1. The van der Waals surface area contributed by atoms with Crippen LogP contribution in [0.25, 0.3) is 15.9 Å². The number of anilines is 1. The number of halogens is 1. The van der Waals surface area contributed by atoms with Crippen molar-refractivity contribution in [3.05, 3.63) is 61.7 Å². The predicted octanol–water partition coefficient (Wildman–Crippen LogP) is 5.17. The van der Waals surface area contributed by atoms with Crippen molar-refractivity contribution in [3.63, 3.8) is 0 Å². The number of thiazole rings is 1. The van der Waals surface area contributed by atoms with Gasteiger partial charge in [-0.05, 0) is 55.5 Å². The number of aromatic nitrogens is 3. The van der Waals surface area contributed by atoms with Gasteiger partial charge in [0.2, 0.25) is 5.91 Å². The molecule has 1 N–H and O–H groups in total. The van der Waals surface area contributed by atoms with Gasteiger partial charge in [0.15, 0.2) is 10.3 Å². The van der Waals surface area contributed by atoms with Crippen molar-refractivity contribution in [1.82, 2.24) is 14.5 Å². The molecule has 0 saturated carbocycles. The number of rotatable bonds is 5. The van der Waals surface area contributed by atoms with Crippen LogP contribution in [-0.4, -0.2) is 26.2 Å². The molecule has 0 fully saturated rings. The smallest absolute Gasteiger partial charge is 0.267 e. The maximum absolute atomic E-state index is 13.6. The van der Waals surface area contributed by atoms with E-state index in [1.807, 2.05) is 0 Å². The second-order valence-electron chi connectivity index (χ2n) is 7.08. The van der Waals surface area contributed by atoms with Gasteiger partial charge in [-0.25, -0.2) is 9.97 Å². The molecule has 31 heavy (non-hydrogen) atoms. The molecule has 1 amide bonds. The van der Waals surface area contributed by atoms with Crippen molar-refractivity contribution in [1.29, 1.82) is 0 Å². The molecule has 1 aliphatic carbocycles. The van der Waals surface area contributed by atoms with E-state index < -0.39 is 0 Å². The van der Waals surface area contributed by atoms with Gasteiger partial charge in [0.1, 0.15) is 4.83 Å². The van der Waals surface area contributed by atoms with E-state index in [2.05, 4.69) is 10.3 Å². The van der Waals surface area contributed by atoms with Crippen LogP contribution in [0.4, 0.5) is 5.13 Å². The highest BCUT2D eigenvalue weighted by molar-refractivity contribution is 7.99. The fourth-order valence-corrected chi connectivity index (χ4v) is 6.46. The van der Waals surface area contributed by atoms with Gasteiger partial charge in [-0.15, -0.1) is 22.7 Å². The van der Waals surface area contributed by atoms with Crippen LogP contribution in [0, 0.1) is 0 Å². The van der Waals surface area contributed by atoms with Crippen molar-refractivity contribution >= 4 is 67.3 Å². The van der Waals surface area contributed by atoms with Crippen molar-refractivity contribution in [2.75, 3.05) is 11.1 Å². The average molecular weight is 489 g/mol. The first-order valence-corrected chi connectivity index (χ1v) is 12.8. The molecule has 1 aromatic carbocycles. The lowest BCUT2D eigenvalue weighted by Crippen LogP contribution is -2.23. The van der Waals surface area contributed by atoms with Crippen LogP contribution in [0.3, 0.4) is 0 Å². The minimum absolute atomic E-state index is 0.0884. The largest absolute Gasteiger partial charge is 0.301 e. The maximum atomic E-state index is 13.6. The summed E-state index contributed by atoms with van der Waals surface area (Å²) < 4.78 is 1.60. The summed E-state index contributed by atoms with van der Waals surface area (Å²) >= 11 is 10.3. The fraction of sp³-hybridized carbons (Fsp3) is 0.238.